The van der Waals surface area contributed by atoms with E-state index in [1.54, 1.807) is 0 Å². The standard InChI is InChI=1S/C7H12O6/c8-1-3(9)5-4(10)6-7(13-5)12-2-11-6/h3-10H,1-2H2. The number of aliphatic hydroxyl groups is 3. The molecule has 0 saturated carbocycles. The minimum absolute atomic E-state index is 0.0916. The molecule has 0 aromatic carbocycles. The zero-order valence-electron chi connectivity index (χ0n) is 6.87. The van der Waals surface area contributed by atoms with Crippen molar-refractivity contribution in [3.63, 3.8) is 0 Å². The van der Waals surface area contributed by atoms with Gasteiger partial charge in [0.25, 0.3) is 0 Å². The third kappa shape index (κ3) is 1.45. The minimum Gasteiger partial charge on any atom is -0.394 e. The third-order valence-electron chi connectivity index (χ3n) is 2.29. The maximum Gasteiger partial charge on any atom is 0.189 e. The first-order chi connectivity index (χ1) is 6.24. The number of ether oxygens (including phenoxy) is 3. The summed E-state index contributed by atoms with van der Waals surface area (Å²) in [5.74, 6) is 0. The molecule has 0 spiro atoms. The van der Waals surface area contributed by atoms with E-state index in [4.69, 9.17) is 19.3 Å². The molecule has 13 heavy (non-hydrogen) atoms. The second-order valence-corrected chi connectivity index (χ2v) is 3.13. The zero-order valence-corrected chi connectivity index (χ0v) is 6.87. The van der Waals surface area contributed by atoms with E-state index < -0.39 is 37.3 Å². The van der Waals surface area contributed by atoms with Crippen LogP contribution in [0.2, 0.25) is 0 Å². The highest BCUT2D eigenvalue weighted by atomic mass is 16.8. The van der Waals surface area contributed by atoms with E-state index in [0.29, 0.717) is 0 Å². The highest BCUT2D eigenvalue weighted by Gasteiger charge is 2.50. The first kappa shape index (κ1) is 9.32. The van der Waals surface area contributed by atoms with Crippen LogP contribution in [0.5, 0.6) is 0 Å². The number of rotatable bonds is 2. The lowest BCUT2D eigenvalue weighted by atomic mass is 10.1. The summed E-state index contributed by atoms with van der Waals surface area (Å²) in [5.41, 5.74) is 0. The Kier molecular flexibility index (Phi) is 2.50. The predicted octanol–water partition coefficient (Wildman–Crippen LogP) is -2.20. The third-order valence-corrected chi connectivity index (χ3v) is 2.29. The van der Waals surface area contributed by atoms with Crippen LogP contribution in [0.15, 0.2) is 0 Å². The average Bonchev–Trinajstić information content (AvgIpc) is 2.68. The largest absolute Gasteiger partial charge is 0.394 e. The molecule has 2 fully saturated rings. The molecule has 0 radical (unpaired) electrons. The Bertz CT molecular complexity index is 186. The first-order valence-corrected chi connectivity index (χ1v) is 4.09. The topological polar surface area (TPSA) is 88.4 Å². The molecule has 2 saturated heterocycles. The van der Waals surface area contributed by atoms with Gasteiger partial charge in [-0.1, -0.05) is 0 Å². The molecule has 0 aliphatic carbocycles. The van der Waals surface area contributed by atoms with E-state index in [0.717, 1.165) is 0 Å². The van der Waals surface area contributed by atoms with Crippen LogP contribution < -0.4 is 0 Å². The van der Waals surface area contributed by atoms with Crippen LogP contribution in [-0.4, -0.2) is 59.4 Å². The molecular weight excluding hydrogens is 180 g/mol. The lowest BCUT2D eigenvalue weighted by molar-refractivity contribution is -0.160. The fourth-order valence-electron chi connectivity index (χ4n) is 1.58. The van der Waals surface area contributed by atoms with Gasteiger partial charge in [0.1, 0.15) is 24.4 Å². The van der Waals surface area contributed by atoms with Crippen LogP contribution in [0, 0.1) is 0 Å². The molecule has 0 amide bonds. The Labute approximate surface area is 74.6 Å². The van der Waals surface area contributed by atoms with Crippen molar-refractivity contribution in [2.24, 2.45) is 0 Å². The molecule has 0 aromatic heterocycles. The quantitative estimate of drug-likeness (QED) is 0.460. The molecule has 2 aliphatic rings. The van der Waals surface area contributed by atoms with Gasteiger partial charge in [-0.25, -0.2) is 0 Å². The van der Waals surface area contributed by atoms with Gasteiger partial charge in [-0.2, -0.15) is 0 Å². The fourth-order valence-corrected chi connectivity index (χ4v) is 1.58. The van der Waals surface area contributed by atoms with Crippen LogP contribution in [0.25, 0.3) is 0 Å². The van der Waals surface area contributed by atoms with Crippen molar-refractivity contribution in [1.82, 2.24) is 0 Å². The summed E-state index contributed by atoms with van der Waals surface area (Å²) in [6.45, 7) is -0.366. The number of aliphatic hydroxyl groups excluding tert-OH is 3. The molecule has 6 heteroatoms. The van der Waals surface area contributed by atoms with Gasteiger partial charge >= 0.3 is 0 Å². The van der Waals surface area contributed by atoms with Crippen molar-refractivity contribution in [2.75, 3.05) is 13.4 Å². The second-order valence-electron chi connectivity index (χ2n) is 3.13. The van der Waals surface area contributed by atoms with E-state index in [1.165, 1.54) is 0 Å². The van der Waals surface area contributed by atoms with Gasteiger partial charge < -0.3 is 29.5 Å². The van der Waals surface area contributed by atoms with E-state index in [1.807, 2.05) is 0 Å². The Morgan fingerprint density at radius 2 is 2.15 bits per heavy atom. The Balaban J connectivity index is 2.01. The molecule has 5 atom stereocenters. The van der Waals surface area contributed by atoms with Crippen LogP contribution in [-0.2, 0) is 14.2 Å². The number of hydrogen-bond donors (Lipinski definition) is 3. The van der Waals surface area contributed by atoms with Gasteiger partial charge in [-0.05, 0) is 0 Å². The molecule has 76 valence electrons. The van der Waals surface area contributed by atoms with Crippen LogP contribution >= 0.6 is 0 Å². The van der Waals surface area contributed by atoms with Gasteiger partial charge in [0, 0.05) is 0 Å². The smallest absolute Gasteiger partial charge is 0.189 e. The summed E-state index contributed by atoms with van der Waals surface area (Å²) < 4.78 is 15.1. The van der Waals surface area contributed by atoms with Crippen molar-refractivity contribution in [2.45, 2.75) is 30.7 Å². The van der Waals surface area contributed by atoms with Crippen molar-refractivity contribution in [3.8, 4) is 0 Å². The van der Waals surface area contributed by atoms with E-state index >= 15 is 0 Å². The maximum absolute atomic E-state index is 9.56. The summed E-state index contributed by atoms with van der Waals surface area (Å²) in [5, 5.41) is 27.5. The highest BCUT2D eigenvalue weighted by molar-refractivity contribution is 4.92. The van der Waals surface area contributed by atoms with Crippen molar-refractivity contribution >= 4 is 0 Å². The molecule has 2 heterocycles. The lowest BCUT2D eigenvalue weighted by Crippen LogP contribution is -2.40. The first-order valence-electron chi connectivity index (χ1n) is 4.09. The summed E-state index contributed by atoms with van der Waals surface area (Å²) in [4.78, 5) is 0. The van der Waals surface area contributed by atoms with E-state index in [-0.39, 0.29) is 6.79 Å². The molecule has 2 aliphatic heterocycles. The zero-order chi connectivity index (χ0) is 9.42. The second kappa shape index (κ2) is 3.49. The summed E-state index contributed by atoms with van der Waals surface area (Å²) in [6, 6.07) is 0. The molecular formula is C7H12O6. The molecule has 0 aromatic rings. The number of hydrogen-bond acceptors (Lipinski definition) is 6. The summed E-state index contributed by atoms with van der Waals surface area (Å²) in [7, 11) is 0. The summed E-state index contributed by atoms with van der Waals surface area (Å²) >= 11 is 0. The normalized spacial score (nSPS) is 46.4. The molecule has 3 N–H and O–H groups in total. The van der Waals surface area contributed by atoms with Gasteiger partial charge in [-0.15, -0.1) is 0 Å². The van der Waals surface area contributed by atoms with Crippen molar-refractivity contribution in [1.29, 1.82) is 0 Å². The van der Waals surface area contributed by atoms with Gasteiger partial charge in [0.2, 0.25) is 0 Å². The Morgan fingerprint density at radius 3 is 2.77 bits per heavy atom. The minimum atomic E-state index is -1.10. The summed E-state index contributed by atoms with van der Waals surface area (Å²) in [6.07, 6.45) is -4.06. The SMILES string of the molecule is OCC(O)C1OC2OCOC2C1O. The molecule has 2 rings (SSSR count). The molecule has 0 bridgehead atoms. The van der Waals surface area contributed by atoms with Crippen LogP contribution in [0.1, 0.15) is 0 Å². The lowest BCUT2D eigenvalue weighted by Gasteiger charge is -2.19. The average molecular weight is 192 g/mol. The highest BCUT2D eigenvalue weighted by Crippen LogP contribution is 2.30. The van der Waals surface area contributed by atoms with E-state index in [2.05, 4.69) is 0 Å². The predicted molar refractivity (Wildman–Crippen MR) is 38.6 cm³/mol. The monoisotopic (exact) mass is 192 g/mol. The van der Waals surface area contributed by atoms with Crippen LogP contribution in [0.3, 0.4) is 0 Å². The molecule has 5 unspecified atom stereocenters. The Morgan fingerprint density at radius 1 is 1.38 bits per heavy atom. The van der Waals surface area contributed by atoms with Crippen LogP contribution in [0.4, 0.5) is 0 Å². The van der Waals surface area contributed by atoms with E-state index in [9.17, 15) is 10.2 Å². The van der Waals surface area contributed by atoms with Gasteiger partial charge in [0.05, 0.1) is 6.61 Å². The Hall–Kier alpha value is -0.240. The van der Waals surface area contributed by atoms with Crippen molar-refractivity contribution < 1.29 is 29.5 Å². The molecule has 6 nitrogen and oxygen atoms in total. The van der Waals surface area contributed by atoms with Gasteiger partial charge in [0.15, 0.2) is 13.1 Å². The fraction of sp³-hybridized carbons (Fsp3) is 1.00. The van der Waals surface area contributed by atoms with Gasteiger partial charge in [-0.3, -0.25) is 0 Å². The van der Waals surface area contributed by atoms with Crippen molar-refractivity contribution in [3.05, 3.63) is 0 Å². The maximum atomic E-state index is 9.56. The number of fused-ring (bicyclic) bond motifs is 1.